The van der Waals surface area contributed by atoms with E-state index < -0.39 is 11.8 Å². The molecular weight excluding hydrogens is 316 g/mol. The second-order valence-electron chi connectivity index (χ2n) is 7.34. The largest absolute Gasteiger partial charge is 0.383 e. The molecule has 3 N–H and O–H groups in total. The van der Waals surface area contributed by atoms with Gasteiger partial charge in [-0.1, -0.05) is 19.3 Å². The van der Waals surface area contributed by atoms with Gasteiger partial charge in [-0.3, -0.25) is 9.59 Å². The van der Waals surface area contributed by atoms with Crippen molar-refractivity contribution in [2.75, 3.05) is 17.6 Å². The topological polar surface area (TPSA) is 88.3 Å². The fourth-order valence-corrected chi connectivity index (χ4v) is 4.19. The minimum absolute atomic E-state index is 0.221. The zero-order valence-electron chi connectivity index (χ0n) is 15.0. The third kappa shape index (κ3) is 4.11. The number of hydrogen-bond acceptors (Lipinski definition) is 4. The van der Waals surface area contributed by atoms with E-state index in [4.69, 9.17) is 5.73 Å². The number of aromatic nitrogens is 1. The van der Waals surface area contributed by atoms with Crippen molar-refractivity contribution in [3.8, 4) is 0 Å². The summed E-state index contributed by atoms with van der Waals surface area (Å²) in [5.41, 5.74) is 6.99. The van der Waals surface area contributed by atoms with Gasteiger partial charge >= 0.3 is 11.8 Å². The lowest BCUT2D eigenvalue weighted by molar-refractivity contribution is -0.147. The summed E-state index contributed by atoms with van der Waals surface area (Å²) in [7, 11) is 0. The molecule has 1 aliphatic carbocycles. The molecule has 0 aromatic carbocycles. The Morgan fingerprint density at radius 1 is 1.16 bits per heavy atom. The predicted octanol–water partition coefficient (Wildman–Crippen LogP) is 2.87. The quantitative estimate of drug-likeness (QED) is 0.808. The summed E-state index contributed by atoms with van der Waals surface area (Å²) in [5.74, 6) is -0.0117. The molecule has 1 atom stereocenters. The number of piperidine rings is 1. The highest BCUT2D eigenvalue weighted by Crippen LogP contribution is 2.33. The van der Waals surface area contributed by atoms with Crippen LogP contribution in [0.3, 0.4) is 0 Å². The Labute approximate surface area is 149 Å². The van der Waals surface area contributed by atoms with Crippen molar-refractivity contribution in [2.45, 2.75) is 64.3 Å². The lowest BCUT2D eigenvalue weighted by atomic mass is 9.80. The van der Waals surface area contributed by atoms with Crippen molar-refractivity contribution >= 4 is 23.3 Å². The fraction of sp³-hybridized carbons (Fsp3) is 0.632. The summed E-state index contributed by atoms with van der Waals surface area (Å²) in [6, 6.07) is 1.96. The van der Waals surface area contributed by atoms with Crippen molar-refractivity contribution in [3.05, 3.63) is 17.8 Å². The number of carbonyl (C=O) groups excluding carboxylic acids is 2. The molecule has 1 saturated carbocycles. The van der Waals surface area contributed by atoms with Gasteiger partial charge in [0.2, 0.25) is 0 Å². The number of nitrogens with two attached hydrogens (primary N) is 1. The molecule has 2 amide bonds. The first-order valence-electron chi connectivity index (χ1n) is 9.40. The van der Waals surface area contributed by atoms with E-state index in [1.165, 1.54) is 38.3 Å². The van der Waals surface area contributed by atoms with Crippen LogP contribution in [0.25, 0.3) is 0 Å². The first-order valence-corrected chi connectivity index (χ1v) is 9.40. The van der Waals surface area contributed by atoms with Crippen LogP contribution in [0.15, 0.2) is 12.3 Å². The number of carbonyl (C=O) groups is 2. The van der Waals surface area contributed by atoms with Gasteiger partial charge < -0.3 is 16.0 Å². The summed E-state index contributed by atoms with van der Waals surface area (Å²) in [6.45, 7) is 2.51. The third-order valence-corrected chi connectivity index (χ3v) is 5.57. The van der Waals surface area contributed by atoms with Gasteiger partial charge in [0.05, 0.1) is 11.9 Å². The lowest BCUT2D eigenvalue weighted by Crippen LogP contribution is -2.51. The summed E-state index contributed by atoms with van der Waals surface area (Å²) >= 11 is 0. The average molecular weight is 344 g/mol. The number of nitrogens with one attached hydrogen (secondary N) is 1. The van der Waals surface area contributed by atoms with E-state index in [9.17, 15) is 9.59 Å². The van der Waals surface area contributed by atoms with Gasteiger partial charge in [0.1, 0.15) is 5.82 Å². The molecule has 0 radical (unpaired) electrons. The van der Waals surface area contributed by atoms with E-state index in [0.717, 1.165) is 24.8 Å². The second kappa shape index (κ2) is 7.85. The number of pyridine rings is 1. The third-order valence-electron chi connectivity index (χ3n) is 5.57. The van der Waals surface area contributed by atoms with Crippen LogP contribution in [0.2, 0.25) is 0 Å². The molecule has 25 heavy (non-hydrogen) atoms. The molecule has 1 aromatic rings. The van der Waals surface area contributed by atoms with Crippen molar-refractivity contribution in [1.82, 2.24) is 9.88 Å². The molecule has 0 bridgehead atoms. The van der Waals surface area contributed by atoms with Crippen LogP contribution < -0.4 is 11.1 Å². The predicted molar refractivity (Wildman–Crippen MR) is 97.9 cm³/mol. The Morgan fingerprint density at radius 2 is 1.88 bits per heavy atom. The molecule has 1 saturated heterocycles. The summed E-state index contributed by atoms with van der Waals surface area (Å²) in [6.07, 6.45) is 10.8. The zero-order valence-corrected chi connectivity index (χ0v) is 15.0. The standard InChI is InChI=1S/C19H28N4O2/c1-13-11-15(12-21-17(13)20)22-18(24)19(25)23-10-6-5-9-16(23)14-7-3-2-4-8-14/h11-12,14,16H,2-10H2,1H3,(H2,20,21)(H,22,24). The summed E-state index contributed by atoms with van der Waals surface area (Å²) in [4.78, 5) is 31.1. The van der Waals surface area contributed by atoms with Gasteiger partial charge in [-0.15, -0.1) is 0 Å². The van der Waals surface area contributed by atoms with Crippen LogP contribution in [-0.4, -0.2) is 34.3 Å². The number of aryl methyl sites for hydroxylation is 1. The highest BCUT2D eigenvalue weighted by atomic mass is 16.2. The molecule has 6 heteroatoms. The highest BCUT2D eigenvalue weighted by molar-refractivity contribution is 6.39. The lowest BCUT2D eigenvalue weighted by Gasteiger charge is -2.41. The average Bonchev–Trinajstić information content (AvgIpc) is 2.65. The first-order chi connectivity index (χ1) is 12.1. The number of likely N-dealkylation sites (tertiary alicyclic amines) is 1. The summed E-state index contributed by atoms with van der Waals surface area (Å²) < 4.78 is 0. The molecule has 6 nitrogen and oxygen atoms in total. The Kier molecular flexibility index (Phi) is 5.56. The Hall–Kier alpha value is -2.11. The van der Waals surface area contributed by atoms with Crippen molar-refractivity contribution in [2.24, 2.45) is 5.92 Å². The fourth-order valence-electron chi connectivity index (χ4n) is 4.19. The molecule has 1 aromatic heterocycles. The molecule has 1 aliphatic heterocycles. The number of hydrogen-bond donors (Lipinski definition) is 2. The van der Waals surface area contributed by atoms with Crippen LogP contribution in [0.1, 0.15) is 56.9 Å². The van der Waals surface area contributed by atoms with Gasteiger partial charge in [0, 0.05) is 12.6 Å². The van der Waals surface area contributed by atoms with Crippen molar-refractivity contribution < 1.29 is 9.59 Å². The molecule has 2 fully saturated rings. The van der Waals surface area contributed by atoms with Crippen molar-refractivity contribution in [3.63, 3.8) is 0 Å². The van der Waals surface area contributed by atoms with E-state index >= 15 is 0 Å². The summed E-state index contributed by atoms with van der Waals surface area (Å²) in [5, 5.41) is 2.68. The maximum absolute atomic E-state index is 12.8. The first kappa shape index (κ1) is 17.7. The molecule has 2 aliphatic rings. The number of anilines is 2. The minimum Gasteiger partial charge on any atom is -0.383 e. The number of amides is 2. The monoisotopic (exact) mass is 344 g/mol. The molecule has 2 heterocycles. The minimum atomic E-state index is -0.575. The van der Waals surface area contributed by atoms with E-state index in [1.807, 2.05) is 11.8 Å². The Morgan fingerprint density at radius 3 is 2.60 bits per heavy atom. The van der Waals surface area contributed by atoms with E-state index in [1.54, 1.807) is 6.07 Å². The molecule has 0 spiro atoms. The number of rotatable bonds is 2. The van der Waals surface area contributed by atoms with Gasteiger partial charge in [-0.25, -0.2) is 4.98 Å². The number of nitrogen functional groups attached to an aromatic ring is 1. The maximum atomic E-state index is 12.8. The van der Waals surface area contributed by atoms with Crippen LogP contribution in [0.5, 0.6) is 0 Å². The normalized spacial score (nSPS) is 21.8. The zero-order chi connectivity index (χ0) is 17.8. The molecule has 1 unspecified atom stereocenters. The van der Waals surface area contributed by atoms with Gasteiger partial charge in [0.25, 0.3) is 0 Å². The van der Waals surface area contributed by atoms with E-state index in [0.29, 0.717) is 24.0 Å². The second-order valence-corrected chi connectivity index (χ2v) is 7.34. The SMILES string of the molecule is Cc1cc(NC(=O)C(=O)N2CCCCC2C2CCCCC2)cnc1N. The number of nitrogens with zero attached hydrogens (tertiary/aromatic N) is 2. The van der Waals surface area contributed by atoms with E-state index in [-0.39, 0.29) is 6.04 Å². The van der Waals surface area contributed by atoms with E-state index in [2.05, 4.69) is 10.3 Å². The van der Waals surface area contributed by atoms with Crippen molar-refractivity contribution in [1.29, 1.82) is 0 Å². The molecule has 136 valence electrons. The Balaban J connectivity index is 1.68. The van der Waals surface area contributed by atoms with Gasteiger partial charge in [-0.05, 0) is 56.6 Å². The molecular formula is C19H28N4O2. The van der Waals surface area contributed by atoms with Crippen LogP contribution in [0, 0.1) is 12.8 Å². The highest BCUT2D eigenvalue weighted by Gasteiger charge is 2.35. The van der Waals surface area contributed by atoms with Gasteiger partial charge in [0.15, 0.2) is 0 Å². The van der Waals surface area contributed by atoms with Crippen LogP contribution >= 0.6 is 0 Å². The van der Waals surface area contributed by atoms with Crippen LogP contribution in [-0.2, 0) is 9.59 Å². The Bertz CT molecular complexity index is 640. The maximum Gasteiger partial charge on any atom is 0.313 e. The van der Waals surface area contributed by atoms with Crippen LogP contribution in [0.4, 0.5) is 11.5 Å². The molecule has 3 rings (SSSR count). The smallest absolute Gasteiger partial charge is 0.313 e. The van der Waals surface area contributed by atoms with Gasteiger partial charge in [-0.2, -0.15) is 0 Å².